The molecule has 0 amide bonds. The molecular formula is C11H22O3. The van der Waals surface area contributed by atoms with Gasteiger partial charge in [0.25, 0.3) is 0 Å². The molecule has 0 aliphatic carbocycles. The van der Waals surface area contributed by atoms with Crippen LogP contribution in [0, 0.1) is 5.92 Å². The average molecular weight is 202 g/mol. The van der Waals surface area contributed by atoms with Gasteiger partial charge in [0.2, 0.25) is 0 Å². The molecule has 2 atom stereocenters. The zero-order valence-electron chi connectivity index (χ0n) is 9.45. The minimum atomic E-state index is -0.352. The predicted octanol–water partition coefficient (Wildman–Crippen LogP) is 2.13. The van der Waals surface area contributed by atoms with Crippen LogP contribution in [0.3, 0.4) is 0 Å². The molecule has 0 spiro atoms. The third-order valence-electron chi connectivity index (χ3n) is 2.20. The summed E-state index contributed by atoms with van der Waals surface area (Å²) in [6.45, 7) is 6.20. The highest BCUT2D eigenvalue weighted by Gasteiger charge is 2.14. The molecule has 0 aliphatic heterocycles. The molecule has 0 heterocycles. The summed E-state index contributed by atoms with van der Waals surface area (Å²) >= 11 is 0. The third-order valence-corrected chi connectivity index (χ3v) is 2.20. The molecule has 2 unspecified atom stereocenters. The van der Waals surface area contributed by atoms with Crippen molar-refractivity contribution in [2.45, 2.75) is 52.6 Å². The van der Waals surface area contributed by atoms with Crippen LogP contribution in [-0.2, 0) is 9.53 Å². The number of carbonyl (C=O) groups excluding carboxylic acids is 1. The van der Waals surface area contributed by atoms with Crippen LogP contribution in [0.2, 0.25) is 0 Å². The summed E-state index contributed by atoms with van der Waals surface area (Å²) < 4.78 is 5.01. The van der Waals surface area contributed by atoms with Crippen molar-refractivity contribution in [2.75, 3.05) is 6.61 Å². The third kappa shape index (κ3) is 5.97. The van der Waals surface area contributed by atoms with Gasteiger partial charge >= 0.3 is 5.97 Å². The first-order valence-electron chi connectivity index (χ1n) is 5.45. The lowest BCUT2D eigenvalue weighted by molar-refractivity contribution is -0.146. The fourth-order valence-electron chi connectivity index (χ4n) is 1.19. The molecule has 0 saturated heterocycles. The lowest BCUT2D eigenvalue weighted by atomic mass is 10.0. The molecule has 14 heavy (non-hydrogen) atoms. The number of rotatable bonds is 7. The maximum absolute atomic E-state index is 11.0. The number of ether oxygens (including phenoxy) is 1. The molecule has 0 aromatic rings. The number of hydrogen-bond donors (Lipinski definition) is 1. The van der Waals surface area contributed by atoms with Gasteiger partial charge in [0.1, 0.15) is 0 Å². The van der Waals surface area contributed by atoms with Gasteiger partial charge in [0, 0.05) is 12.3 Å². The van der Waals surface area contributed by atoms with Crippen molar-refractivity contribution in [1.82, 2.24) is 0 Å². The number of carbonyl (C=O) groups is 1. The Morgan fingerprint density at radius 2 is 2.00 bits per heavy atom. The Hall–Kier alpha value is -0.570. The monoisotopic (exact) mass is 202 g/mol. The van der Waals surface area contributed by atoms with Crippen molar-refractivity contribution in [3.63, 3.8) is 0 Å². The number of aliphatic hydroxyl groups is 1. The zero-order valence-corrected chi connectivity index (χ0v) is 9.45. The van der Waals surface area contributed by atoms with E-state index in [-0.39, 0.29) is 18.0 Å². The van der Waals surface area contributed by atoms with Crippen LogP contribution < -0.4 is 0 Å². The van der Waals surface area contributed by atoms with Gasteiger partial charge in [0.05, 0.1) is 12.7 Å². The number of hydrogen-bond acceptors (Lipinski definition) is 3. The molecule has 0 fully saturated rings. The van der Waals surface area contributed by atoms with Crippen molar-refractivity contribution in [1.29, 1.82) is 0 Å². The van der Waals surface area contributed by atoms with Crippen LogP contribution in [0.1, 0.15) is 46.5 Å². The first kappa shape index (κ1) is 13.4. The normalized spacial score (nSPS) is 14.9. The molecule has 84 valence electrons. The molecule has 3 heteroatoms. The average Bonchev–Trinajstić information content (AvgIpc) is 2.15. The van der Waals surface area contributed by atoms with E-state index in [2.05, 4.69) is 0 Å². The summed E-state index contributed by atoms with van der Waals surface area (Å²) in [4.78, 5) is 11.0. The van der Waals surface area contributed by atoms with Crippen LogP contribution in [0.15, 0.2) is 0 Å². The number of esters is 1. The second-order valence-corrected chi connectivity index (χ2v) is 3.77. The van der Waals surface area contributed by atoms with E-state index in [1.165, 1.54) is 0 Å². The van der Waals surface area contributed by atoms with E-state index >= 15 is 0 Å². The van der Waals surface area contributed by atoms with E-state index in [1.807, 2.05) is 20.8 Å². The van der Waals surface area contributed by atoms with Crippen molar-refractivity contribution in [3.8, 4) is 0 Å². The van der Waals surface area contributed by atoms with E-state index in [0.717, 1.165) is 19.3 Å². The summed E-state index contributed by atoms with van der Waals surface area (Å²) in [6.07, 6.45) is 2.65. The second kappa shape index (κ2) is 7.80. The molecule has 0 aromatic carbocycles. The summed E-state index contributed by atoms with van der Waals surface area (Å²) in [5.74, 6) is -0.126. The summed E-state index contributed by atoms with van der Waals surface area (Å²) in [5.41, 5.74) is 0. The largest absolute Gasteiger partial charge is 0.465 e. The van der Waals surface area contributed by atoms with Gasteiger partial charge in [-0.25, -0.2) is 0 Å². The van der Waals surface area contributed by atoms with E-state index in [4.69, 9.17) is 4.74 Å². The fraction of sp³-hybridized carbons (Fsp3) is 0.909. The minimum absolute atomic E-state index is 0.0377. The van der Waals surface area contributed by atoms with Crippen LogP contribution >= 0.6 is 0 Å². The lowest BCUT2D eigenvalue weighted by Gasteiger charge is -2.17. The van der Waals surface area contributed by atoms with Crippen LogP contribution in [-0.4, -0.2) is 23.8 Å². The molecule has 3 nitrogen and oxygen atoms in total. The van der Waals surface area contributed by atoms with Crippen molar-refractivity contribution in [2.24, 2.45) is 5.92 Å². The van der Waals surface area contributed by atoms with Gasteiger partial charge in [-0.1, -0.05) is 27.2 Å². The maximum Gasteiger partial charge on any atom is 0.305 e. The quantitative estimate of drug-likeness (QED) is 0.643. The molecule has 0 saturated carbocycles. The van der Waals surface area contributed by atoms with Gasteiger partial charge < -0.3 is 9.84 Å². The first-order chi connectivity index (χ1) is 6.61. The molecule has 0 aliphatic rings. The highest BCUT2D eigenvalue weighted by Crippen LogP contribution is 2.09. The van der Waals surface area contributed by atoms with E-state index in [0.29, 0.717) is 13.0 Å². The Morgan fingerprint density at radius 3 is 2.50 bits per heavy atom. The van der Waals surface area contributed by atoms with Crippen LogP contribution in [0.4, 0.5) is 0 Å². The minimum Gasteiger partial charge on any atom is -0.465 e. The zero-order chi connectivity index (χ0) is 11.0. The second-order valence-electron chi connectivity index (χ2n) is 3.77. The number of aliphatic hydroxyl groups excluding tert-OH is 1. The van der Waals surface area contributed by atoms with E-state index < -0.39 is 0 Å². The van der Waals surface area contributed by atoms with Crippen LogP contribution in [0.5, 0.6) is 0 Å². The van der Waals surface area contributed by atoms with Crippen molar-refractivity contribution >= 4 is 5.97 Å². The predicted molar refractivity (Wildman–Crippen MR) is 55.9 cm³/mol. The lowest BCUT2D eigenvalue weighted by Crippen LogP contribution is -2.23. The Bertz CT molecular complexity index is 157. The van der Waals surface area contributed by atoms with Crippen LogP contribution in [0.25, 0.3) is 0 Å². The molecule has 1 N–H and O–H groups in total. The summed E-state index contributed by atoms with van der Waals surface area (Å²) in [7, 11) is 0. The van der Waals surface area contributed by atoms with E-state index in [9.17, 15) is 9.90 Å². The molecule has 0 radical (unpaired) electrons. The first-order valence-corrected chi connectivity index (χ1v) is 5.45. The SMILES string of the molecule is CCCC(=O)OCC(C)C(O)CCC. The van der Waals surface area contributed by atoms with E-state index in [1.54, 1.807) is 0 Å². The standard InChI is InChI=1S/C11H22O3/c1-4-6-10(12)9(3)8-14-11(13)7-5-2/h9-10,12H,4-8H2,1-3H3. The maximum atomic E-state index is 11.0. The Morgan fingerprint density at radius 1 is 1.36 bits per heavy atom. The van der Waals surface area contributed by atoms with Gasteiger partial charge in [-0.2, -0.15) is 0 Å². The molecular weight excluding hydrogens is 180 g/mol. The van der Waals surface area contributed by atoms with Crippen molar-refractivity contribution < 1.29 is 14.6 Å². The Balaban J connectivity index is 3.61. The van der Waals surface area contributed by atoms with Gasteiger partial charge in [-0.15, -0.1) is 0 Å². The molecule has 0 aromatic heterocycles. The Labute approximate surface area is 86.5 Å². The van der Waals surface area contributed by atoms with Crippen molar-refractivity contribution in [3.05, 3.63) is 0 Å². The van der Waals surface area contributed by atoms with Gasteiger partial charge in [-0.3, -0.25) is 4.79 Å². The smallest absolute Gasteiger partial charge is 0.305 e. The highest BCUT2D eigenvalue weighted by molar-refractivity contribution is 5.69. The summed E-state index contributed by atoms with van der Waals surface area (Å²) in [5, 5.41) is 9.57. The highest BCUT2D eigenvalue weighted by atomic mass is 16.5. The van der Waals surface area contributed by atoms with Gasteiger partial charge in [-0.05, 0) is 12.8 Å². The fourth-order valence-corrected chi connectivity index (χ4v) is 1.19. The molecule has 0 bridgehead atoms. The topological polar surface area (TPSA) is 46.5 Å². The summed E-state index contributed by atoms with van der Waals surface area (Å²) in [6, 6.07) is 0. The van der Waals surface area contributed by atoms with Gasteiger partial charge in [0.15, 0.2) is 0 Å². The Kier molecular flexibility index (Phi) is 7.48. The molecule has 0 rings (SSSR count).